The van der Waals surface area contributed by atoms with Crippen LogP contribution < -0.4 is 5.32 Å². The Labute approximate surface area is 104 Å². The molecule has 1 N–H and O–H groups in total. The molecule has 2 rings (SSSR count). The smallest absolute Gasteiger partial charge is 0.0315 e. The number of piperidine rings is 1. The second-order valence-electron chi connectivity index (χ2n) is 5.18. The second kappa shape index (κ2) is 6.12. The Morgan fingerprint density at radius 1 is 1.41 bits per heavy atom. The molecule has 0 radical (unpaired) electrons. The Morgan fingerprint density at radius 3 is 2.88 bits per heavy atom. The van der Waals surface area contributed by atoms with Gasteiger partial charge in [0.15, 0.2) is 0 Å². The summed E-state index contributed by atoms with van der Waals surface area (Å²) in [6.07, 6.45) is 6.48. The standard InChI is InChI=1S/C14H23N3/c1-12-3-6-15-10-14(12)11-16-9-13-4-7-17(2)8-5-13/h3,6,10,13,16H,4-5,7-9,11H2,1-2H3. The average Bonchev–Trinajstić information content (AvgIpc) is 2.34. The summed E-state index contributed by atoms with van der Waals surface area (Å²) < 4.78 is 0. The van der Waals surface area contributed by atoms with Crippen molar-refractivity contribution >= 4 is 0 Å². The molecule has 94 valence electrons. The van der Waals surface area contributed by atoms with E-state index in [1.54, 1.807) is 0 Å². The van der Waals surface area contributed by atoms with Gasteiger partial charge < -0.3 is 10.2 Å². The van der Waals surface area contributed by atoms with Gasteiger partial charge in [-0.3, -0.25) is 4.98 Å². The van der Waals surface area contributed by atoms with E-state index in [4.69, 9.17) is 0 Å². The van der Waals surface area contributed by atoms with Crippen molar-refractivity contribution in [3.8, 4) is 0 Å². The SMILES string of the molecule is Cc1ccncc1CNCC1CCN(C)CC1. The summed E-state index contributed by atoms with van der Waals surface area (Å²) in [5, 5.41) is 3.57. The van der Waals surface area contributed by atoms with Crippen LogP contribution in [0.3, 0.4) is 0 Å². The highest BCUT2D eigenvalue weighted by atomic mass is 15.1. The molecule has 0 amide bonds. The Bertz CT molecular complexity index is 343. The maximum absolute atomic E-state index is 4.17. The first-order valence-corrected chi connectivity index (χ1v) is 6.54. The number of likely N-dealkylation sites (tertiary alicyclic amines) is 1. The highest BCUT2D eigenvalue weighted by Gasteiger charge is 2.15. The average molecular weight is 233 g/mol. The van der Waals surface area contributed by atoms with Gasteiger partial charge >= 0.3 is 0 Å². The van der Waals surface area contributed by atoms with Crippen LogP contribution in [0.4, 0.5) is 0 Å². The monoisotopic (exact) mass is 233 g/mol. The highest BCUT2D eigenvalue weighted by molar-refractivity contribution is 5.20. The highest BCUT2D eigenvalue weighted by Crippen LogP contribution is 2.15. The van der Waals surface area contributed by atoms with Crippen molar-refractivity contribution in [3.05, 3.63) is 29.6 Å². The number of aryl methyl sites for hydroxylation is 1. The molecule has 2 heterocycles. The largest absolute Gasteiger partial charge is 0.312 e. The van der Waals surface area contributed by atoms with Gasteiger partial charge in [-0.2, -0.15) is 0 Å². The van der Waals surface area contributed by atoms with Crippen molar-refractivity contribution in [2.45, 2.75) is 26.3 Å². The quantitative estimate of drug-likeness (QED) is 0.860. The third-order valence-corrected chi connectivity index (χ3v) is 3.73. The summed E-state index contributed by atoms with van der Waals surface area (Å²) in [5.41, 5.74) is 2.65. The lowest BCUT2D eigenvalue weighted by Crippen LogP contribution is -2.34. The molecule has 1 saturated heterocycles. The number of pyridine rings is 1. The van der Waals surface area contributed by atoms with Crippen molar-refractivity contribution < 1.29 is 0 Å². The van der Waals surface area contributed by atoms with Gasteiger partial charge in [0.1, 0.15) is 0 Å². The molecule has 3 nitrogen and oxygen atoms in total. The fraction of sp³-hybridized carbons (Fsp3) is 0.643. The Morgan fingerprint density at radius 2 is 2.18 bits per heavy atom. The predicted molar refractivity (Wildman–Crippen MR) is 70.9 cm³/mol. The molecule has 0 atom stereocenters. The summed E-state index contributed by atoms with van der Waals surface area (Å²) in [6, 6.07) is 2.08. The summed E-state index contributed by atoms with van der Waals surface area (Å²) in [5.74, 6) is 0.850. The van der Waals surface area contributed by atoms with Crippen LogP contribution in [-0.2, 0) is 6.54 Å². The first-order chi connectivity index (χ1) is 8.25. The minimum Gasteiger partial charge on any atom is -0.312 e. The lowest BCUT2D eigenvalue weighted by Gasteiger charge is -2.29. The molecule has 0 unspecified atom stereocenters. The first kappa shape index (κ1) is 12.5. The molecular weight excluding hydrogens is 210 g/mol. The van der Waals surface area contributed by atoms with Gasteiger partial charge in [0, 0.05) is 18.9 Å². The van der Waals surface area contributed by atoms with Crippen molar-refractivity contribution in [2.24, 2.45) is 5.92 Å². The van der Waals surface area contributed by atoms with Crippen LogP contribution in [0.5, 0.6) is 0 Å². The van der Waals surface area contributed by atoms with Crippen molar-refractivity contribution in [2.75, 3.05) is 26.7 Å². The van der Waals surface area contributed by atoms with E-state index in [1.807, 2.05) is 12.4 Å². The Balaban J connectivity index is 1.71. The lowest BCUT2D eigenvalue weighted by molar-refractivity contribution is 0.216. The van der Waals surface area contributed by atoms with Crippen LogP contribution in [0.1, 0.15) is 24.0 Å². The van der Waals surface area contributed by atoms with Gasteiger partial charge in [0.05, 0.1) is 0 Å². The van der Waals surface area contributed by atoms with Gasteiger partial charge in [-0.15, -0.1) is 0 Å². The van der Waals surface area contributed by atoms with Gasteiger partial charge in [0.2, 0.25) is 0 Å². The van der Waals surface area contributed by atoms with Gasteiger partial charge in [0.25, 0.3) is 0 Å². The van der Waals surface area contributed by atoms with Crippen LogP contribution in [0.15, 0.2) is 18.5 Å². The molecule has 1 aliphatic heterocycles. The number of nitrogens with one attached hydrogen (secondary N) is 1. The third kappa shape index (κ3) is 3.79. The fourth-order valence-corrected chi connectivity index (χ4v) is 2.36. The molecule has 0 aliphatic carbocycles. The zero-order valence-corrected chi connectivity index (χ0v) is 10.9. The fourth-order valence-electron chi connectivity index (χ4n) is 2.36. The maximum atomic E-state index is 4.17. The minimum atomic E-state index is 0.850. The number of hydrogen-bond donors (Lipinski definition) is 1. The van der Waals surface area contributed by atoms with E-state index in [2.05, 4.69) is 35.2 Å². The van der Waals surface area contributed by atoms with Crippen LogP contribution in [0, 0.1) is 12.8 Å². The molecule has 17 heavy (non-hydrogen) atoms. The predicted octanol–water partition coefficient (Wildman–Crippen LogP) is 1.82. The third-order valence-electron chi connectivity index (χ3n) is 3.73. The van der Waals surface area contributed by atoms with Crippen LogP contribution in [0.2, 0.25) is 0 Å². The summed E-state index contributed by atoms with van der Waals surface area (Å²) in [4.78, 5) is 6.59. The normalized spacial score (nSPS) is 18.5. The van der Waals surface area contributed by atoms with Gasteiger partial charge in [-0.25, -0.2) is 0 Å². The van der Waals surface area contributed by atoms with Gasteiger partial charge in [-0.1, -0.05) is 0 Å². The summed E-state index contributed by atoms with van der Waals surface area (Å²) in [7, 11) is 2.21. The van der Waals surface area contributed by atoms with Crippen molar-refractivity contribution in [3.63, 3.8) is 0 Å². The number of nitrogens with zero attached hydrogens (tertiary/aromatic N) is 2. The molecular formula is C14H23N3. The number of hydrogen-bond acceptors (Lipinski definition) is 3. The Kier molecular flexibility index (Phi) is 4.51. The molecule has 1 aromatic rings. The van der Waals surface area contributed by atoms with Gasteiger partial charge in [-0.05, 0) is 69.6 Å². The second-order valence-corrected chi connectivity index (χ2v) is 5.18. The number of rotatable bonds is 4. The van der Waals surface area contributed by atoms with E-state index < -0.39 is 0 Å². The molecule has 0 aromatic carbocycles. The van der Waals surface area contributed by atoms with Crippen LogP contribution in [0.25, 0.3) is 0 Å². The van der Waals surface area contributed by atoms with E-state index in [0.717, 1.165) is 19.0 Å². The molecule has 1 fully saturated rings. The minimum absolute atomic E-state index is 0.850. The summed E-state index contributed by atoms with van der Waals surface area (Å²) >= 11 is 0. The molecule has 1 aliphatic rings. The molecule has 1 aromatic heterocycles. The van der Waals surface area contributed by atoms with E-state index in [-0.39, 0.29) is 0 Å². The molecule has 0 spiro atoms. The zero-order chi connectivity index (χ0) is 12.1. The lowest BCUT2D eigenvalue weighted by atomic mass is 9.97. The van der Waals surface area contributed by atoms with Crippen molar-refractivity contribution in [1.82, 2.24) is 15.2 Å². The summed E-state index contributed by atoms with van der Waals surface area (Å²) in [6.45, 7) is 6.74. The van der Waals surface area contributed by atoms with Crippen molar-refractivity contribution in [1.29, 1.82) is 0 Å². The molecule has 3 heteroatoms. The van der Waals surface area contributed by atoms with E-state index in [1.165, 1.54) is 37.1 Å². The van der Waals surface area contributed by atoms with Crippen LogP contribution in [-0.4, -0.2) is 36.6 Å². The van der Waals surface area contributed by atoms with E-state index in [9.17, 15) is 0 Å². The zero-order valence-electron chi connectivity index (χ0n) is 10.9. The van der Waals surface area contributed by atoms with Crippen LogP contribution >= 0.6 is 0 Å². The van der Waals surface area contributed by atoms with E-state index >= 15 is 0 Å². The number of aromatic nitrogens is 1. The molecule has 0 saturated carbocycles. The topological polar surface area (TPSA) is 28.2 Å². The maximum Gasteiger partial charge on any atom is 0.0315 e. The molecule has 0 bridgehead atoms. The Hall–Kier alpha value is -0.930. The van der Waals surface area contributed by atoms with E-state index in [0.29, 0.717) is 0 Å². The first-order valence-electron chi connectivity index (χ1n) is 6.54.